The molecule has 0 saturated carbocycles. The normalized spacial score (nSPS) is 16.8. The highest BCUT2D eigenvalue weighted by molar-refractivity contribution is 5.44. The Labute approximate surface area is 112 Å². The van der Waals surface area contributed by atoms with Crippen LogP contribution >= 0.6 is 0 Å². The van der Waals surface area contributed by atoms with E-state index < -0.39 is 0 Å². The van der Waals surface area contributed by atoms with Gasteiger partial charge in [-0.1, -0.05) is 25.1 Å². The van der Waals surface area contributed by atoms with Crippen LogP contribution in [0, 0.1) is 0 Å². The van der Waals surface area contributed by atoms with Gasteiger partial charge in [0.25, 0.3) is 0 Å². The summed E-state index contributed by atoms with van der Waals surface area (Å²) >= 11 is 0. The standard InChI is InChI=1S/C15H17N3O/c1-3-10-8-14(16-2)18-15(17-10)12-9-19-13-7-5-4-6-11(12)13/h4-8,12H,3,9H2,1-2H3,(H,16,17,18). The van der Waals surface area contributed by atoms with E-state index in [1.807, 2.05) is 31.3 Å². The molecule has 2 aromatic rings. The number of anilines is 1. The molecule has 1 aliphatic rings. The Morgan fingerprint density at radius 1 is 1.32 bits per heavy atom. The average molecular weight is 255 g/mol. The van der Waals surface area contributed by atoms with Gasteiger partial charge in [-0.25, -0.2) is 9.97 Å². The van der Waals surface area contributed by atoms with Crippen molar-refractivity contribution in [3.63, 3.8) is 0 Å². The van der Waals surface area contributed by atoms with Gasteiger partial charge in [0.05, 0.1) is 5.92 Å². The lowest BCUT2D eigenvalue weighted by molar-refractivity contribution is 0.339. The van der Waals surface area contributed by atoms with Gasteiger partial charge in [-0.2, -0.15) is 0 Å². The van der Waals surface area contributed by atoms with Crippen LogP contribution in [0.1, 0.15) is 29.9 Å². The summed E-state index contributed by atoms with van der Waals surface area (Å²) in [4.78, 5) is 9.23. The Morgan fingerprint density at radius 2 is 2.16 bits per heavy atom. The number of benzene rings is 1. The quantitative estimate of drug-likeness (QED) is 0.915. The second kappa shape index (κ2) is 4.88. The highest BCUT2D eigenvalue weighted by Crippen LogP contribution is 2.36. The maximum Gasteiger partial charge on any atom is 0.142 e. The van der Waals surface area contributed by atoms with Crippen LogP contribution in [0.4, 0.5) is 5.82 Å². The molecule has 1 atom stereocenters. The number of nitrogens with zero attached hydrogens (tertiary/aromatic N) is 2. The van der Waals surface area contributed by atoms with Gasteiger partial charge in [0.2, 0.25) is 0 Å². The van der Waals surface area contributed by atoms with Gasteiger partial charge in [-0.15, -0.1) is 0 Å². The van der Waals surface area contributed by atoms with Crippen LogP contribution in [-0.2, 0) is 6.42 Å². The molecular weight excluding hydrogens is 238 g/mol. The topological polar surface area (TPSA) is 47.0 Å². The number of rotatable bonds is 3. The first kappa shape index (κ1) is 12.0. The zero-order valence-electron chi connectivity index (χ0n) is 11.2. The van der Waals surface area contributed by atoms with E-state index in [-0.39, 0.29) is 5.92 Å². The number of ether oxygens (including phenoxy) is 1. The molecule has 0 fully saturated rings. The molecule has 0 saturated heterocycles. The van der Waals surface area contributed by atoms with E-state index >= 15 is 0 Å². The first-order valence-electron chi connectivity index (χ1n) is 6.59. The minimum atomic E-state index is 0.134. The molecule has 0 bridgehead atoms. The Bertz CT molecular complexity index is 575. The number of aryl methyl sites for hydroxylation is 1. The zero-order chi connectivity index (χ0) is 13.2. The number of fused-ring (bicyclic) bond motifs is 1. The lowest BCUT2D eigenvalue weighted by Gasteiger charge is -2.11. The number of nitrogens with one attached hydrogen (secondary N) is 1. The SMILES string of the molecule is CCc1cc(NC)nc(C2COc3ccccc32)n1. The summed E-state index contributed by atoms with van der Waals surface area (Å²) in [6.45, 7) is 2.72. The number of hydrogen-bond donors (Lipinski definition) is 1. The Morgan fingerprint density at radius 3 is 2.95 bits per heavy atom. The molecule has 0 aliphatic carbocycles. The van der Waals surface area contributed by atoms with Crippen molar-refractivity contribution in [1.29, 1.82) is 0 Å². The zero-order valence-corrected chi connectivity index (χ0v) is 11.2. The molecule has 1 N–H and O–H groups in total. The number of aromatic nitrogens is 2. The highest BCUT2D eigenvalue weighted by atomic mass is 16.5. The van der Waals surface area contributed by atoms with E-state index in [0.29, 0.717) is 6.61 Å². The van der Waals surface area contributed by atoms with Crippen LogP contribution in [0.2, 0.25) is 0 Å². The summed E-state index contributed by atoms with van der Waals surface area (Å²) in [5.74, 6) is 2.79. The van der Waals surface area contributed by atoms with Crippen LogP contribution in [0.25, 0.3) is 0 Å². The molecule has 1 aliphatic heterocycles. The molecule has 0 radical (unpaired) electrons. The van der Waals surface area contributed by atoms with Gasteiger partial charge in [0, 0.05) is 24.4 Å². The van der Waals surface area contributed by atoms with E-state index in [4.69, 9.17) is 4.74 Å². The molecule has 1 aromatic carbocycles. The third-order valence-corrected chi connectivity index (χ3v) is 3.43. The minimum Gasteiger partial charge on any atom is -0.492 e. The van der Waals surface area contributed by atoms with Gasteiger partial charge in [0.1, 0.15) is 24.0 Å². The molecule has 0 amide bonds. The predicted molar refractivity (Wildman–Crippen MR) is 74.7 cm³/mol. The molecule has 19 heavy (non-hydrogen) atoms. The summed E-state index contributed by atoms with van der Waals surface area (Å²) in [7, 11) is 1.88. The van der Waals surface area contributed by atoms with Crippen molar-refractivity contribution in [3.8, 4) is 5.75 Å². The van der Waals surface area contributed by atoms with Crippen LogP contribution in [0.3, 0.4) is 0 Å². The second-order valence-corrected chi connectivity index (χ2v) is 4.61. The van der Waals surface area contributed by atoms with E-state index in [9.17, 15) is 0 Å². The second-order valence-electron chi connectivity index (χ2n) is 4.61. The van der Waals surface area contributed by atoms with Gasteiger partial charge in [-0.3, -0.25) is 0 Å². The summed E-state index contributed by atoms with van der Waals surface area (Å²) in [5, 5.41) is 3.10. The van der Waals surface area contributed by atoms with Crippen molar-refractivity contribution >= 4 is 5.82 Å². The molecule has 1 unspecified atom stereocenters. The van der Waals surface area contributed by atoms with E-state index in [0.717, 1.165) is 29.5 Å². The first-order valence-corrected chi connectivity index (χ1v) is 6.59. The Balaban J connectivity index is 2.04. The monoisotopic (exact) mass is 255 g/mol. The summed E-state index contributed by atoms with van der Waals surface area (Å²) in [6.07, 6.45) is 0.902. The summed E-state index contributed by atoms with van der Waals surface area (Å²) < 4.78 is 5.71. The van der Waals surface area contributed by atoms with Crippen molar-refractivity contribution in [3.05, 3.63) is 47.4 Å². The van der Waals surface area contributed by atoms with Crippen molar-refractivity contribution < 1.29 is 4.74 Å². The fourth-order valence-corrected chi connectivity index (χ4v) is 2.36. The van der Waals surface area contributed by atoms with Gasteiger partial charge >= 0.3 is 0 Å². The van der Waals surface area contributed by atoms with Crippen LogP contribution in [-0.4, -0.2) is 23.6 Å². The number of para-hydroxylation sites is 1. The van der Waals surface area contributed by atoms with Gasteiger partial charge in [0.15, 0.2) is 0 Å². The summed E-state index contributed by atoms with van der Waals surface area (Å²) in [6, 6.07) is 10.1. The fraction of sp³-hybridized carbons (Fsp3) is 0.333. The lowest BCUT2D eigenvalue weighted by atomic mass is 10.0. The molecule has 4 heteroatoms. The van der Waals surface area contributed by atoms with Crippen molar-refractivity contribution in [2.24, 2.45) is 0 Å². The molecular formula is C15H17N3O. The molecule has 1 aromatic heterocycles. The van der Waals surface area contributed by atoms with E-state index in [1.165, 1.54) is 5.56 Å². The molecule has 0 spiro atoms. The number of hydrogen-bond acceptors (Lipinski definition) is 4. The fourth-order valence-electron chi connectivity index (χ4n) is 2.36. The molecule has 98 valence electrons. The van der Waals surface area contributed by atoms with Crippen molar-refractivity contribution in [1.82, 2.24) is 9.97 Å². The maximum absolute atomic E-state index is 5.71. The minimum absolute atomic E-state index is 0.134. The van der Waals surface area contributed by atoms with Gasteiger partial charge in [-0.05, 0) is 12.5 Å². The first-order chi connectivity index (χ1) is 9.31. The van der Waals surface area contributed by atoms with E-state index in [1.54, 1.807) is 0 Å². The highest BCUT2D eigenvalue weighted by Gasteiger charge is 2.28. The third-order valence-electron chi connectivity index (χ3n) is 3.43. The Hall–Kier alpha value is -2.10. The summed E-state index contributed by atoms with van der Waals surface area (Å²) in [5.41, 5.74) is 2.23. The molecule has 4 nitrogen and oxygen atoms in total. The van der Waals surface area contributed by atoms with E-state index in [2.05, 4.69) is 28.3 Å². The Kier molecular flexibility index (Phi) is 3.07. The lowest BCUT2D eigenvalue weighted by Crippen LogP contribution is -2.10. The maximum atomic E-state index is 5.71. The van der Waals surface area contributed by atoms with Crippen LogP contribution in [0.15, 0.2) is 30.3 Å². The van der Waals surface area contributed by atoms with Crippen molar-refractivity contribution in [2.45, 2.75) is 19.3 Å². The third kappa shape index (κ3) is 2.14. The predicted octanol–water partition coefficient (Wildman–Crippen LogP) is 2.61. The molecule has 3 rings (SSSR count). The smallest absolute Gasteiger partial charge is 0.142 e. The average Bonchev–Trinajstić information content (AvgIpc) is 2.90. The van der Waals surface area contributed by atoms with Gasteiger partial charge < -0.3 is 10.1 Å². The van der Waals surface area contributed by atoms with Crippen molar-refractivity contribution in [2.75, 3.05) is 19.0 Å². The van der Waals surface area contributed by atoms with Crippen LogP contribution in [0.5, 0.6) is 5.75 Å². The van der Waals surface area contributed by atoms with Crippen LogP contribution < -0.4 is 10.1 Å². The largest absolute Gasteiger partial charge is 0.492 e. The molecule has 2 heterocycles.